The maximum atomic E-state index is 13.0. The van der Waals surface area contributed by atoms with E-state index in [1.165, 1.54) is 31.0 Å². The molecule has 1 saturated carbocycles. The van der Waals surface area contributed by atoms with Gasteiger partial charge in [-0.05, 0) is 79.8 Å². The van der Waals surface area contributed by atoms with Gasteiger partial charge < -0.3 is 14.4 Å². The summed E-state index contributed by atoms with van der Waals surface area (Å²) in [7, 11) is -2.34. The van der Waals surface area contributed by atoms with Crippen molar-refractivity contribution in [3.05, 3.63) is 76.3 Å². The normalized spacial score (nSPS) is 18.1. The van der Waals surface area contributed by atoms with E-state index in [0.717, 1.165) is 18.4 Å². The smallest absolute Gasteiger partial charge is 0.263 e. The third-order valence-electron chi connectivity index (χ3n) is 6.97. The lowest BCUT2D eigenvalue weighted by atomic mass is 9.98. The highest BCUT2D eigenvalue weighted by Gasteiger charge is 2.33. The minimum Gasteiger partial charge on any atom is -0.493 e. The fraction of sp³-hybridized carbons (Fsp3) is 0.321. The number of methoxy groups -OCH3 is 1. The Labute approximate surface area is 232 Å². The molecule has 2 aliphatic rings. The molecule has 1 atom stereocenters. The van der Waals surface area contributed by atoms with Crippen LogP contribution in [0, 0.1) is 0 Å². The molecule has 2 fully saturated rings. The molecule has 1 N–H and O–H groups in total. The van der Waals surface area contributed by atoms with Crippen LogP contribution in [0.25, 0.3) is 0 Å². The first-order chi connectivity index (χ1) is 18.2. The van der Waals surface area contributed by atoms with E-state index in [2.05, 4.69) is 4.72 Å². The number of amides is 1. The first-order valence-corrected chi connectivity index (χ1v) is 14.7. The largest absolute Gasteiger partial charge is 0.493 e. The number of nitrogens with zero attached hydrogens (tertiary/aromatic N) is 1. The van der Waals surface area contributed by atoms with Gasteiger partial charge in [0.05, 0.1) is 23.9 Å². The van der Waals surface area contributed by atoms with Gasteiger partial charge in [-0.3, -0.25) is 9.52 Å². The predicted molar refractivity (Wildman–Crippen MR) is 149 cm³/mol. The average molecular weight is 576 g/mol. The summed E-state index contributed by atoms with van der Waals surface area (Å²) in [5, 5.41) is 0.363. The summed E-state index contributed by atoms with van der Waals surface area (Å²) in [5.41, 5.74) is 1.93. The highest BCUT2D eigenvalue weighted by atomic mass is 35.5. The molecule has 200 valence electrons. The standard InChI is InChI=1S/C28H28Cl2N2O5S/c1-36-25-11-9-18(13-26(25)37-23-7-2-3-8-23)19-14-28(33)32(17-19)22-6-4-5-21(16-22)31-38(34,35)27-12-10-20(29)15-24(27)30/h4-6,9-13,15-16,19,23,31H,2-3,7-8,14,17H2,1H3. The topological polar surface area (TPSA) is 84.9 Å². The Hall–Kier alpha value is -2.94. The molecule has 1 aliphatic carbocycles. The van der Waals surface area contributed by atoms with Crippen LogP contribution in [0.1, 0.15) is 43.6 Å². The van der Waals surface area contributed by atoms with Crippen molar-refractivity contribution in [1.82, 2.24) is 0 Å². The third-order valence-corrected chi connectivity index (χ3v) is 9.07. The van der Waals surface area contributed by atoms with Gasteiger partial charge in [-0.1, -0.05) is 35.3 Å². The van der Waals surface area contributed by atoms with Crippen LogP contribution in [0.3, 0.4) is 0 Å². The third kappa shape index (κ3) is 5.72. The Morgan fingerprint density at radius 2 is 1.76 bits per heavy atom. The molecule has 0 bridgehead atoms. The molecule has 10 heteroatoms. The summed E-state index contributed by atoms with van der Waals surface area (Å²) < 4.78 is 40.2. The van der Waals surface area contributed by atoms with Gasteiger partial charge in [-0.25, -0.2) is 8.42 Å². The molecule has 0 spiro atoms. The molecule has 0 aromatic heterocycles. The zero-order valence-electron chi connectivity index (χ0n) is 20.8. The van der Waals surface area contributed by atoms with E-state index in [9.17, 15) is 13.2 Å². The van der Waals surface area contributed by atoms with Gasteiger partial charge >= 0.3 is 0 Å². The van der Waals surface area contributed by atoms with E-state index in [4.69, 9.17) is 32.7 Å². The quantitative estimate of drug-likeness (QED) is 0.325. The van der Waals surface area contributed by atoms with Gasteiger partial charge in [0.25, 0.3) is 10.0 Å². The number of rotatable bonds is 8. The summed E-state index contributed by atoms with van der Waals surface area (Å²) in [4.78, 5) is 14.6. The summed E-state index contributed by atoms with van der Waals surface area (Å²) >= 11 is 12.0. The number of carbonyl (C=O) groups is 1. The van der Waals surface area contributed by atoms with E-state index in [1.807, 2.05) is 18.2 Å². The molecule has 3 aromatic carbocycles. The van der Waals surface area contributed by atoms with Crippen LogP contribution in [-0.4, -0.2) is 34.1 Å². The molecular weight excluding hydrogens is 547 g/mol. The number of hydrogen-bond donors (Lipinski definition) is 1. The Bertz CT molecular complexity index is 1460. The number of ether oxygens (including phenoxy) is 2. The number of carbonyl (C=O) groups excluding carboxylic acids is 1. The van der Waals surface area contributed by atoms with Crippen LogP contribution >= 0.6 is 23.2 Å². The highest BCUT2D eigenvalue weighted by Crippen LogP contribution is 2.38. The van der Waals surface area contributed by atoms with Crippen molar-refractivity contribution in [3.63, 3.8) is 0 Å². The Morgan fingerprint density at radius 1 is 0.974 bits per heavy atom. The van der Waals surface area contributed by atoms with Gasteiger partial charge in [-0.2, -0.15) is 0 Å². The van der Waals surface area contributed by atoms with Gasteiger partial charge in [0.1, 0.15) is 4.90 Å². The van der Waals surface area contributed by atoms with Crippen molar-refractivity contribution in [2.45, 2.75) is 49.0 Å². The molecule has 38 heavy (non-hydrogen) atoms. The maximum Gasteiger partial charge on any atom is 0.263 e. The van der Waals surface area contributed by atoms with Gasteiger partial charge in [0.2, 0.25) is 5.91 Å². The van der Waals surface area contributed by atoms with Crippen molar-refractivity contribution >= 4 is 50.5 Å². The molecule has 0 radical (unpaired) electrons. The van der Waals surface area contributed by atoms with Crippen LogP contribution in [0.4, 0.5) is 11.4 Å². The van der Waals surface area contributed by atoms with Crippen molar-refractivity contribution < 1.29 is 22.7 Å². The van der Waals surface area contributed by atoms with Crippen LogP contribution in [0.2, 0.25) is 10.0 Å². The number of benzene rings is 3. The van der Waals surface area contributed by atoms with E-state index >= 15 is 0 Å². The molecule has 7 nitrogen and oxygen atoms in total. The maximum absolute atomic E-state index is 13.0. The second kappa shape index (κ2) is 11.0. The fourth-order valence-corrected chi connectivity index (χ4v) is 6.87. The lowest BCUT2D eigenvalue weighted by Gasteiger charge is -2.20. The SMILES string of the molecule is COc1ccc(C2CC(=O)N(c3cccc(NS(=O)(=O)c4ccc(Cl)cc4Cl)c3)C2)cc1OC1CCCC1. The monoisotopic (exact) mass is 574 g/mol. The number of hydrogen-bond acceptors (Lipinski definition) is 5. The van der Waals surface area contributed by atoms with Gasteiger partial charge in [-0.15, -0.1) is 0 Å². The zero-order valence-corrected chi connectivity index (χ0v) is 23.2. The number of nitrogens with one attached hydrogen (secondary N) is 1. The molecule has 1 amide bonds. The summed E-state index contributed by atoms with van der Waals surface area (Å²) in [5.74, 6) is 1.32. The van der Waals surface area contributed by atoms with E-state index < -0.39 is 10.0 Å². The van der Waals surface area contributed by atoms with Crippen LogP contribution in [0.15, 0.2) is 65.6 Å². The van der Waals surface area contributed by atoms with Crippen molar-refractivity contribution in [2.75, 3.05) is 23.3 Å². The lowest BCUT2D eigenvalue weighted by Crippen LogP contribution is -2.24. The van der Waals surface area contributed by atoms with E-state index in [0.29, 0.717) is 40.9 Å². The van der Waals surface area contributed by atoms with Crippen LogP contribution in [0.5, 0.6) is 11.5 Å². The van der Waals surface area contributed by atoms with Crippen LogP contribution < -0.4 is 19.1 Å². The van der Waals surface area contributed by atoms with Gasteiger partial charge in [0, 0.05) is 29.6 Å². The molecule has 5 rings (SSSR count). The minimum atomic E-state index is -3.96. The second-order valence-corrected chi connectivity index (χ2v) is 12.1. The molecule has 3 aromatic rings. The minimum absolute atomic E-state index is 0.0227. The Kier molecular flexibility index (Phi) is 7.75. The average Bonchev–Trinajstić information content (AvgIpc) is 3.53. The summed E-state index contributed by atoms with van der Waals surface area (Å²) in [6, 6.07) is 16.8. The Balaban J connectivity index is 1.34. The molecule has 1 aliphatic heterocycles. The molecule has 1 saturated heterocycles. The fourth-order valence-electron chi connectivity index (χ4n) is 5.05. The highest BCUT2D eigenvalue weighted by molar-refractivity contribution is 7.92. The summed E-state index contributed by atoms with van der Waals surface area (Å²) in [6.45, 7) is 0.466. The molecule has 1 unspecified atom stereocenters. The van der Waals surface area contributed by atoms with Crippen LogP contribution in [-0.2, 0) is 14.8 Å². The van der Waals surface area contributed by atoms with Crippen molar-refractivity contribution in [2.24, 2.45) is 0 Å². The number of sulfonamides is 1. The number of halogens is 2. The van der Waals surface area contributed by atoms with E-state index in [-0.39, 0.29) is 27.8 Å². The first kappa shape index (κ1) is 26.7. The second-order valence-electron chi connectivity index (χ2n) is 9.57. The van der Waals surface area contributed by atoms with Crippen molar-refractivity contribution in [1.29, 1.82) is 0 Å². The lowest BCUT2D eigenvalue weighted by molar-refractivity contribution is -0.117. The molecular formula is C28H28Cl2N2O5S. The zero-order chi connectivity index (χ0) is 26.9. The predicted octanol–water partition coefficient (Wildman–Crippen LogP) is 6.64. The van der Waals surface area contributed by atoms with E-state index in [1.54, 1.807) is 36.3 Å². The first-order valence-electron chi connectivity index (χ1n) is 12.5. The Morgan fingerprint density at radius 3 is 2.50 bits per heavy atom. The van der Waals surface area contributed by atoms with Crippen molar-refractivity contribution in [3.8, 4) is 11.5 Å². The van der Waals surface area contributed by atoms with Gasteiger partial charge in [0.15, 0.2) is 11.5 Å². The summed E-state index contributed by atoms with van der Waals surface area (Å²) in [6.07, 6.45) is 4.93. The molecule has 1 heterocycles. The number of anilines is 2.